The maximum Gasteiger partial charge on any atom is 0.387 e. The molecule has 11 heteroatoms. The first-order valence-electron chi connectivity index (χ1n) is 12.4. The highest BCUT2D eigenvalue weighted by molar-refractivity contribution is 7.93. The molecule has 0 aliphatic carbocycles. The SMILES string of the molecule is Cn1ncc(C(=O)c2ccc(OC(F)F)c(N=S3(=O)CCCCC3)c2Cl)c1OCc1ccc2ccccc2c1. The van der Waals surface area contributed by atoms with Gasteiger partial charge in [0.15, 0.2) is 5.75 Å². The third kappa shape index (κ3) is 5.91. The number of carbonyl (C=O) groups excluding carboxylic acids is 1. The number of alkyl halides is 2. The van der Waals surface area contributed by atoms with Crippen LogP contribution < -0.4 is 9.47 Å². The van der Waals surface area contributed by atoms with E-state index in [0.717, 1.165) is 22.8 Å². The molecule has 0 saturated carbocycles. The molecule has 0 spiro atoms. The summed E-state index contributed by atoms with van der Waals surface area (Å²) in [6, 6.07) is 16.4. The monoisotopic (exact) mass is 573 g/mol. The zero-order chi connectivity index (χ0) is 27.6. The van der Waals surface area contributed by atoms with E-state index in [1.165, 1.54) is 23.0 Å². The molecule has 0 atom stereocenters. The molecule has 1 fully saturated rings. The van der Waals surface area contributed by atoms with Gasteiger partial charge in [-0.05, 0) is 47.4 Å². The van der Waals surface area contributed by atoms with Crippen LogP contribution in [0.2, 0.25) is 5.02 Å². The van der Waals surface area contributed by atoms with Crippen molar-refractivity contribution in [1.82, 2.24) is 9.78 Å². The van der Waals surface area contributed by atoms with Crippen molar-refractivity contribution < 1.29 is 27.3 Å². The Morgan fingerprint density at radius 1 is 1.08 bits per heavy atom. The van der Waals surface area contributed by atoms with E-state index in [1.807, 2.05) is 42.5 Å². The summed E-state index contributed by atoms with van der Waals surface area (Å²) in [7, 11) is -1.09. The highest BCUT2D eigenvalue weighted by Gasteiger charge is 2.26. The van der Waals surface area contributed by atoms with Crippen molar-refractivity contribution in [3.8, 4) is 11.6 Å². The predicted molar refractivity (Wildman–Crippen MR) is 147 cm³/mol. The zero-order valence-electron chi connectivity index (χ0n) is 21.1. The van der Waals surface area contributed by atoms with Crippen LogP contribution in [0.3, 0.4) is 0 Å². The van der Waals surface area contributed by atoms with Gasteiger partial charge in [-0.25, -0.2) is 8.89 Å². The van der Waals surface area contributed by atoms with E-state index in [1.54, 1.807) is 7.05 Å². The van der Waals surface area contributed by atoms with Crippen molar-refractivity contribution >= 4 is 43.6 Å². The van der Waals surface area contributed by atoms with Gasteiger partial charge < -0.3 is 9.47 Å². The Labute approximate surface area is 229 Å². The van der Waals surface area contributed by atoms with E-state index in [-0.39, 0.29) is 40.1 Å². The van der Waals surface area contributed by atoms with E-state index >= 15 is 0 Å². The number of aromatic nitrogens is 2. The Balaban J connectivity index is 1.48. The molecule has 1 aliphatic rings. The largest absolute Gasteiger partial charge is 0.472 e. The summed E-state index contributed by atoms with van der Waals surface area (Å²) in [4.78, 5) is 13.6. The van der Waals surface area contributed by atoms with Crippen LogP contribution in [0, 0.1) is 0 Å². The van der Waals surface area contributed by atoms with Crippen LogP contribution in [0.25, 0.3) is 10.8 Å². The number of ketones is 1. The number of rotatable bonds is 8. The molecule has 4 aromatic rings. The number of hydrogen-bond donors (Lipinski definition) is 0. The lowest BCUT2D eigenvalue weighted by atomic mass is 10.0. The molecule has 7 nitrogen and oxygen atoms in total. The van der Waals surface area contributed by atoms with E-state index < -0.39 is 22.1 Å². The quantitative estimate of drug-likeness (QED) is 0.214. The summed E-state index contributed by atoms with van der Waals surface area (Å²) < 4.78 is 55.9. The Bertz CT molecular complexity index is 1650. The first kappa shape index (κ1) is 27.1. The van der Waals surface area contributed by atoms with Crippen LogP contribution in [0.4, 0.5) is 14.5 Å². The Kier molecular flexibility index (Phi) is 7.86. The zero-order valence-corrected chi connectivity index (χ0v) is 22.7. The van der Waals surface area contributed by atoms with Gasteiger partial charge in [-0.2, -0.15) is 18.2 Å². The maximum absolute atomic E-state index is 13.6. The second-order valence-electron chi connectivity index (χ2n) is 9.27. The lowest BCUT2D eigenvalue weighted by Gasteiger charge is -2.18. The van der Waals surface area contributed by atoms with Crippen molar-refractivity contribution in [2.24, 2.45) is 11.4 Å². The minimum atomic E-state index is -3.14. The molecule has 5 rings (SSSR count). The number of benzene rings is 3. The van der Waals surface area contributed by atoms with Crippen molar-refractivity contribution in [3.63, 3.8) is 0 Å². The summed E-state index contributed by atoms with van der Waals surface area (Å²) in [5.41, 5.74) is 0.810. The molecule has 0 unspecified atom stereocenters. The molecular formula is C28H26ClF2N3O4S. The van der Waals surface area contributed by atoms with E-state index in [9.17, 15) is 17.8 Å². The third-order valence-electron chi connectivity index (χ3n) is 6.54. The maximum atomic E-state index is 13.6. The van der Waals surface area contributed by atoms with Gasteiger partial charge in [-0.1, -0.05) is 54.4 Å². The summed E-state index contributed by atoms with van der Waals surface area (Å²) in [5.74, 6) is -0.0106. The second-order valence-corrected chi connectivity index (χ2v) is 12.2. The molecule has 1 aliphatic heterocycles. The second kappa shape index (κ2) is 11.3. The minimum Gasteiger partial charge on any atom is -0.472 e. The molecule has 0 N–H and O–H groups in total. The smallest absolute Gasteiger partial charge is 0.387 e. The lowest BCUT2D eigenvalue weighted by molar-refractivity contribution is -0.0494. The molecule has 0 radical (unpaired) electrons. The van der Waals surface area contributed by atoms with Gasteiger partial charge in [0.1, 0.15) is 17.9 Å². The average molecular weight is 574 g/mol. The van der Waals surface area contributed by atoms with Gasteiger partial charge >= 0.3 is 6.61 Å². The first-order chi connectivity index (χ1) is 18.7. The van der Waals surface area contributed by atoms with Gasteiger partial charge in [0.25, 0.3) is 0 Å². The van der Waals surface area contributed by atoms with Crippen molar-refractivity contribution in [2.45, 2.75) is 32.5 Å². The summed E-state index contributed by atoms with van der Waals surface area (Å²) in [5, 5.41) is 6.12. The number of halogens is 3. The molecule has 3 aromatic carbocycles. The van der Waals surface area contributed by atoms with Gasteiger partial charge in [-0.3, -0.25) is 4.79 Å². The number of fused-ring (bicyclic) bond motifs is 1. The molecule has 0 amide bonds. The normalized spacial score (nSPS) is 14.9. The van der Waals surface area contributed by atoms with Crippen molar-refractivity contribution in [3.05, 3.63) is 82.5 Å². The van der Waals surface area contributed by atoms with Crippen LogP contribution in [0.5, 0.6) is 11.6 Å². The van der Waals surface area contributed by atoms with Gasteiger partial charge in [0, 0.05) is 24.1 Å². The third-order valence-corrected chi connectivity index (χ3v) is 9.29. The fraction of sp³-hybridized carbons (Fsp3) is 0.286. The van der Waals surface area contributed by atoms with E-state index in [2.05, 4.69) is 14.2 Å². The summed E-state index contributed by atoms with van der Waals surface area (Å²) in [6.45, 7) is -2.96. The number of carbonyl (C=O) groups is 1. The molecule has 2 heterocycles. The lowest BCUT2D eigenvalue weighted by Crippen LogP contribution is -2.16. The minimum absolute atomic E-state index is 0.0144. The van der Waals surface area contributed by atoms with Crippen LogP contribution in [0.1, 0.15) is 40.7 Å². The van der Waals surface area contributed by atoms with Crippen molar-refractivity contribution in [1.29, 1.82) is 0 Å². The van der Waals surface area contributed by atoms with Crippen LogP contribution in [0.15, 0.2) is 65.2 Å². The highest BCUT2D eigenvalue weighted by atomic mass is 35.5. The van der Waals surface area contributed by atoms with Crippen LogP contribution >= 0.6 is 11.6 Å². The average Bonchev–Trinajstić information content (AvgIpc) is 3.29. The molecular weight excluding hydrogens is 548 g/mol. The van der Waals surface area contributed by atoms with Gasteiger partial charge in [0.2, 0.25) is 11.7 Å². The van der Waals surface area contributed by atoms with E-state index in [4.69, 9.17) is 16.3 Å². The first-order valence-corrected chi connectivity index (χ1v) is 14.6. The van der Waals surface area contributed by atoms with Crippen LogP contribution in [-0.2, 0) is 23.4 Å². The standard InChI is InChI=1S/C28H26ClF2N3O4S/c1-34-27(37-17-18-9-10-19-7-3-4-8-20(19)15-18)22(16-32-34)26(35)21-11-12-23(38-28(30)31)25(24(21)29)33-39(36)13-5-2-6-14-39/h3-4,7-12,15-16,28H,2,5-6,13-14,17H2,1H3. The Hall–Kier alpha value is -3.50. The molecule has 1 saturated heterocycles. The molecule has 1 aromatic heterocycles. The molecule has 204 valence electrons. The summed E-state index contributed by atoms with van der Waals surface area (Å²) in [6.07, 6.45) is 3.69. The number of aryl methyl sites for hydroxylation is 1. The fourth-order valence-corrected chi connectivity index (χ4v) is 7.11. The van der Waals surface area contributed by atoms with E-state index in [0.29, 0.717) is 24.3 Å². The van der Waals surface area contributed by atoms with Gasteiger partial charge in [-0.15, -0.1) is 0 Å². The number of nitrogens with zero attached hydrogens (tertiary/aromatic N) is 3. The predicted octanol–water partition coefficient (Wildman–Crippen LogP) is 6.92. The van der Waals surface area contributed by atoms with Crippen molar-refractivity contribution in [2.75, 3.05) is 11.5 Å². The summed E-state index contributed by atoms with van der Waals surface area (Å²) >= 11 is 6.58. The molecule has 0 bridgehead atoms. The highest BCUT2D eigenvalue weighted by Crippen LogP contribution is 2.41. The fourth-order valence-electron chi connectivity index (χ4n) is 4.57. The Morgan fingerprint density at radius 2 is 1.82 bits per heavy atom. The number of hydrogen-bond acceptors (Lipinski definition) is 6. The molecule has 39 heavy (non-hydrogen) atoms. The number of ether oxygens (including phenoxy) is 2. The van der Waals surface area contributed by atoms with Crippen LogP contribution in [-0.4, -0.2) is 37.9 Å². The Morgan fingerprint density at radius 3 is 2.56 bits per heavy atom. The van der Waals surface area contributed by atoms with Gasteiger partial charge in [0.05, 0.1) is 20.9 Å². The topological polar surface area (TPSA) is 82.8 Å².